The lowest BCUT2D eigenvalue weighted by molar-refractivity contribution is 0.0692. The van der Waals surface area contributed by atoms with Crippen molar-refractivity contribution in [3.63, 3.8) is 0 Å². The van der Waals surface area contributed by atoms with Gasteiger partial charge in [-0.15, -0.1) is 0 Å². The maximum Gasteiger partial charge on any atom is 0.339 e. The van der Waals surface area contributed by atoms with Crippen LogP contribution in [0.25, 0.3) is 11.0 Å². The Balaban J connectivity index is 1.62. The fourth-order valence-corrected chi connectivity index (χ4v) is 3.32. The number of hydrogen-bond donors (Lipinski definition) is 1. The normalized spacial score (nSPS) is 14.8. The Kier molecular flexibility index (Phi) is 3.89. The second kappa shape index (κ2) is 6.22. The number of aryl methyl sites for hydroxylation is 1. The second-order valence-corrected chi connectivity index (χ2v) is 6.23. The highest BCUT2D eigenvalue weighted by Crippen LogP contribution is 2.28. The number of carboxylic acids is 1. The fourth-order valence-electron chi connectivity index (χ4n) is 3.32. The molecule has 0 unspecified atom stereocenters. The van der Waals surface area contributed by atoms with Crippen LogP contribution in [0, 0.1) is 0 Å². The van der Waals surface area contributed by atoms with Crippen molar-refractivity contribution < 1.29 is 14.6 Å². The number of aromatic nitrogens is 2. The zero-order valence-electron chi connectivity index (χ0n) is 14.0. The zero-order valence-corrected chi connectivity index (χ0v) is 14.0. The number of carbonyl (C=O) groups is 1. The van der Waals surface area contributed by atoms with Crippen molar-refractivity contribution in [2.24, 2.45) is 7.05 Å². The van der Waals surface area contributed by atoms with Gasteiger partial charge in [0, 0.05) is 25.7 Å². The van der Waals surface area contributed by atoms with Gasteiger partial charge in [0.1, 0.15) is 23.7 Å². The van der Waals surface area contributed by atoms with Crippen LogP contribution in [-0.2, 0) is 20.1 Å². The first-order chi connectivity index (χ1) is 12.1. The summed E-state index contributed by atoms with van der Waals surface area (Å²) in [6, 6.07) is 13.4. The van der Waals surface area contributed by atoms with Gasteiger partial charge in [-0.1, -0.05) is 24.3 Å². The molecule has 2 aromatic carbocycles. The SMILES string of the molecule is Cn1c(CN2CCOc3c(cccc3C(=O)O)C2)nc2ccccc21. The third-order valence-corrected chi connectivity index (χ3v) is 4.62. The maximum absolute atomic E-state index is 11.4. The molecule has 0 saturated carbocycles. The van der Waals surface area contributed by atoms with Crippen LogP contribution in [0.5, 0.6) is 5.75 Å². The van der Waals surface area contributed by atoms with Gasteiger partial charge in [-0.3, -0.25) is 4.90 Å². The van der Waals surface area contributed by atoms with Gasteiger partial charge in [0.2, 0.25) is 0 Å². The van der Waals surface area contributed by atoms with Gasteiger partial charge in [0.05, 0.1) is 17.6 Å². The first kappa shape index (κ1) is 15.7. The number of ether oxygens (including phenoxy) is 1. The van der Waals surface area contributed by atoms with Crippen molar-refractivity contribution in [1.29, 1.82) is 0 Å². The van der Waals surface area contributed by atoms with Crippen molar-refractivity contribution in [1.82, 2.24) is 14.5 Å². The first-order valence-corrected chi connectivity index (χ1v) is 8.24. The lowest BCUT2D eigenvalue weighted by Gasteiger charge is -2.18. The molecule has 0 amide bonds. The van der Waals surface area contributed by atoms with E-state index in [1.165, 1.54) is 0 Å². The van der Waals surface area contributed by atoms with E-state index in [0.29, 0.717) is 25.4 Å². The summed E-state index contributed by atoms with van der Waals surface area (Å²) in [4.78, 5) is 18.4. The van der Waals surface area contributed by atoms with Gasteiger partial charge in [-0.05, 0) is 18.2 Å². The summed E-state index contributed by atoms with van der Waals surface area (Å²) >= 11 is 0. The molecule has 0 bridgehead atoms. The van der Waals surface area contributed by atoms with Crippen molar-refractivity contribution in [3.05, 3.63) is 59.4 Å². The van der Waals surface area contributed by atoms with Crippen LogP contribution in [0.1, 0.15) is 21.7 Å². The van der Waals surface area contributed by atoms with Crippen LogP contribution in [0.15, 0.2) is 42.5 Å². The van der Waals surface area contributed by atoms with E-state index in [9.17, 15) is 9.90 Å². The molecule has 128 valence electrons. The van der Waals surface area contributed by atoms with Gasteiger partial charge in [0.25, 0.3) is 0 Å². The highest BCUT2D eigenvalue weighted by Gasteiger charge is 2.22. The van der Waals surface area contributed by atoms with Crippen LogP contribution >= 0.6 is 0 Å². The van der Waals surface area contributed by atoms with E-state index in [2.05, 4.69) is 15.5 Å². The molecule has 0 spiro atoms. The average Bonchev–Trinajstić information content (AvgIpc) is 2.78. The van der Waals surface area contributed by atoms with Gasteiger partial charge < -0.3 is 14.4 Å². The lowest BCUT2D eigenvalue weighted by Crippen LogP contribution is -2.26. The third kappa shape index (κ3) is 2.85. The fraction of sp³-hybridized carbons (Fsp3) is 0.263. The molecular formula is C19H19N3O3. The average molecular weight is 337 g/mol. The molecular weight excluding hydrogens is 318 g/mol. The summed E-state index contributed by atoms with van der Waals surface area (Å²) in [5.74, 6) is 0.516. The van der Waals surface area contributed by atoms with Crippen LogP contribution in [0.4, 0.5) is 0 Å². The molecule has 3 aromatic rings. The summed E-state index contributed by atoms with van der Waals surface area (Å²) in [6.07, 6.45) is 0. The molecule has 1 N–H and O–H groups in total. The summed E-state index contributed by atoms with van der Waals surface area (Å²) < 4.78 is 7.86. The zero-order chi connectivity index (χ0) is 17.4. The molecule has 0 saturated heterocycles. The topological polar surface area (TPSA) is 67.6 Å². The molecule has 2 heterocycles. The number of rotatable bonds is 3. The van der Waals surface area contributed by atoms with E-state index in [0.717, 1.165) is 29.0 Å². The van der Waals surface area contributed by atoms with Gasteiger partial charge >= 0.3 is 5.97 Å². The highest BCUT2D eigenvalue weighted by molar-refractivity contribution is 5.91. The summed E-state index contributed by atoms with van der Waals surface area (Å²) in [6.45, 7) is 2.50. The number of fused-ring (bicyclic) bond motifs is 2. The monoisotopic (exact) mass is 337 g/mol. The van der Waals surface area contributed by atoms with Crippen molar-refractivity contribution >= 4 is 17.0 Å². The molecule has 0 radical (unpaired) electrons. The molecule has 6 nitrogen and oxygen atoms in total. The van der Waals surface area contributed by atoms with Crippen molar-refractivity contribution in [2.75, 3.05) is 13.2 Å². The summed E-state index contributed by atoms with van der Waals surface area (Å²) in [5.41, 5.74) is 3.22. The molecule has 25 heavy (non-hydrogen) atoms. The Labute approximate surface area is 145 Å². The number of para-hydroxylation sites is 3. The second-order valence-electron chi connectivity index (χ2n) is 6.23. The summed E-state index contributed by atoms with van der Waals surface area (Å²) in [5, 5.41) is 9.34. The van der Waals surface area contributed by atoms with E-state index in [-0.39, 0.29) is 5.56 Å². The largest absolute Gasteiger partial charge is 0.491 e. The van der Waals surface area contributed by atoms with Crippen LogP contribution in [0.2, 0.25) is 0 Å². The quantitative estimate of drug-likeness (QED) is 0.796. The number of aromatic carboxylic acids is 1. The number of carboxylic acid groups (broad SMARTS) is 1. The maximum atomic E-state index is 11.4. The van der Waals surface area contributed by atoms with Crippen molar-refractivity contribution in [3.8, 4) is 5.75 Å². The minimum absolute atomic E-state index is 0.224. The Hall–Kier alpha value is -2.86. The Morgan fingerprint density at radius 1 is 1.24 bits per heavy atom. The molecule has 1 aromatic heterocycles. The van der Waals surface area contributed by atoms with E-state index in [1.54, 1.807) is 12.1 Å². The number of nitrogens with zero attached hydrogens (tertiary/aromatic N) is 3. The van der Waals surface area contributed by atoms with Gasteiger partial charge in [-0.25, -0.2) is 9.78 Å². The molecule has 0 fully saturated rings. The van der Waals surface area contributed by atoms with E-state index < -0.39 is 5.97 Å². The number of hydrogen-bond acceptors (Lipinski definition) is 4. The number of benzene rings is 2. The predicted molar refractivity (Wildman–Crippen MR) is 93.7 cm³/mol. The molecule has 0 aliphatic carbocycles. The molecule has 1 aliphatic rings. The predicted octanol–water partition coefficient (Wildman–Crippen LogP) is 2.67. The number of imidazole rings is 1. The van der Waals surface area contributed by atoms with Crippen LogP contribution < -0.4 is 4.74 Å². The smallest absolute Gasteiger partial charge is 0.339 e. The van der Waals surface area contributed by atoms with Gasteiger partial charge in [0.15, 0.2) is 0 Å². The first-order valence-electron chi connectivity index (χ1n) is 8.24. The molecule has 4 rings (SSSR count). The Morgan fingerprint density at radius 3 is 2.88 bits per heavy atom. The van der Waals surface area contributed by atoms with E-state index in [1.807, 2.05) is 31.3 Å². The highest BCUT2D eigenvalue weighted by atomic mass is 16.5. The van der Waals surface area contributed by atoms with Crippen molar-refractivity contribution in [2.45, 2.75) is 13.1 Å². The minimum Gasteiger partial charge on any atom is -0.491 e. The van der Waals surface area contributed by atoms with E-state index in [4.69, 9.17) is 9.72 Å². The summed E-state index contributed by atoms with van der Waals surface area (Å²) in [7, 11) is 2.02. The van der Waals surface area contributed by atoms with Crippen LogP contribution in [0.3, 0.4) is 0 Å². The molecule has 1 aliphatic heterocycles. The Morgan fingerprint density at radius 2 is 2.08 bits per heavy atom. The minimum atomic E-state index is -0.958. The lowest BCUT2D eigenvalue weighted by atomic mass is 10.1. The van der Waals surface area contributed by atoms with Gasteiger partial charge in [-0.2, -0.15) is 0 Å². The standard InChI is InChI=1S/C19H19N3O3/c1-21-16-8-3-2-7-15(16)20-17(21)12-22-9-10-25-18-13(11-22)5-4-6-14(18)19(23)24/h2-8H,9-12H2,1H3,(H,23,24). The Bertz CT molecular complexity index is 948. The van der Waals surface area contributed by atoms with E-state index >= 15 is 0 Å². The third-order valence-electron chi connectivity index (χ3n) is 4.62. The van der Waals surface area contributed by atoms with Crippen LogP contribution in [-0.4, -0.2) is 38.7 Å². The molecule has 0 atom stereocenters. The molecule has 6 heteroatoms.